The molecule has 0 unspecified atom stereocenters. The van der Waals surface area contributed by atoms with E-state index in [1.165, 1.54) is 6.20 Å². The van der Waals surface area contributed by atoms with Gasteiger partial charge in [-0.25, -0.2) is 8.78 Å². The molecular formula is C10H10ClF2NO3. The van der Waals surface area contributed by atoms with Gasteiger partial charge >= 0.3 is 5.97 Å². The summed E-state index contributed by atoms with van der Waals surface area (Å²) >= 11 is 5.44. The second-order valence-corrected chi connectivity index (χ2v) is 3.49. The molecule has 1 heterocycles. The number of nitrogens with one attached hydrogen (secondary N) is 1. The van der Waals surface area contributed by atoms with Gasteiger partial charge in [-0.15, -0.1) is 11.6 Å². The molecule has 0 saturated carbocycles. The van der Waals surface area contributed by atoms with E-state index in [4.69, 9.17) is 11.6 Å². The van der Waals surface area contributed by atoms with Crippen LogP contribution in [-0.4, -0.2) is 18.1 Å². The van der Waals surface area contributed by atoms with Crippen molar-refractivity contribution in [3.63, 3.8) is 0 Å². The van der Waals surface area contributed by atoms with Crippen LogP contribution in [0.2, 0.25) is 0 Å². The van der Waals surface area contributed by atoms with Crippen LogP contribution in [0.4, 0.5) is 8.78 Å². The Bertz CT molecular complexity index is 473. The Kier molecular flexibility index (Phi) is 4.62. The third-order valence-electron chi connectivity index (χ3n) is 2.19. The summed E-state index contributed by atoms with van der Waals surface area (Å²) < 4.78 is 29.8. The van der Waals surface area contributed by atoms with Crippen LogP contribution in [0.5, 0.6) is 0 Å². The topological polar surface area (TPSA) is 59.2 Å². The Morgan fingerprint density at radius 2 is 2.24 bits per heavy atom. The number of ether oxygens (including phenoxy) is 1. The van der Waals surface area contributed by atoms with Crippen molar-refractivity contribution in [2.24, 2.45) is 0 Å². The van der Waals surface area contributed by atoms with E-state index in [1.807, 2.05) is 0 Å². The molecule has 0 amide bonds. The summed E-state index contributed by atoms with van der Waals surface area (Å²) in [7, 11) is 1.13. The predicted molar refractivity (Wildman–Crippen MR) is 57.3 cm³/mol. The van der Waals surface area contributed by atoms with E-state index >= 15 is 0 Å². The van der Waals surface area contributed by atoms with Gasteiger partial charge in [0.1, 0.15) is 0 Å². The van der Waals surface area contributed by atoms with Crippen molar-refractivity contribution >= 4 is 17.6 Å². The van der Waals surface area contributed by atoms with Gasteiger partial charge < -0.3 is 9.72 Å². The monoisotopic (exact) mass is 265 g/mol. The molecule has 0 aliphatic carbocycles. The molecule has 4 nitrogen and oxygen atoms in total. The highest BCUT2D eigenvalue weighted by molar-refractivity contribution is 6.17. The van der Waals surface area contributed by atoms with Crippen molar-refractivity contribution in [3.05, 3.63) is 33.2 Å². The number of pyridine rings is 1. The third-order valence-corrected chi connectivity index (χ3v) is 2.48. The molecule has 17 heavy (non-hydrogen) atoms. The number of hydrogen-bond acceptors (Lipinski definition) is 3. The lowest BCUT2D eigenvalue weighted by Crippen LogP contribution is -2.20. The molecule has 0 bridgehead atoms. The van der Waals surface area contributed by atoms with Crippen LogP contribution >= 0.6 is 11.6 Å². The third kappa shape index (κ3) is 3.03. The lowest BCUT2D eigenvalue weighted by Gasteiger charge is -2.08. The van der Waals surface area contributed by atoms with Gasteiger partial charge in [0, 0.05) is 17.5 Å². The number of methoxy groups -OCH3 is 1. The zero-order valence-corrected chi connectivity index (χ0v) is 9.68. The van der Waals surface area contributed by atoms with Gasteiger partial charge in [0.25, 0.3) is 6.43 Å². The highest BCUT2D eigenvalue weighted by Crippen LogP contribution is 2.19. The van der Waals surface area contributed by atoms with Crippen LogP contribution in [0.1, 0.15) is 23.2 Å². The number of H-pyrrole nitrogens is 1. The Hall–Kier alpha value is -1.43. The number of halogens is 3. The normalized spacial score (nSPS) is 10.6. The summed E-state index contributed by atoms with van der Waals surface area (Å²) in [6.45, 7) is 0. The molecule has 0 spiro atoms. The van der Waals surface area contributed by atoms with Crippen molar-refractivity contribution < 1.29 is 18.3 Å². The standard InChI is InChI=1S/C10H10ClF2NO3/c1-17-7(15)2-6-8(10(12)13)9(16)5(3-11)4-14-6/h4,10H,2-3H2,1H3,(H,14,16). The summed E-state index contributed by atoms with van der Waals surface area (Å²) in [5.74, 6) is -0.880. The van der Waals surface area contributed by atoms with Crippen molar-refractivity contribution in [3.8, 4) is 0 Å². The van der Waals surface area contributed by atoms with E-state index in [-0.39, 0.29) is 17.1 Å². The van der Waals surface area contributed by atoms with Crippen molar-refractivity contribution in [2.75, 3.05) is 7.11 Å². The molecular weight excluding hydrogens is 256 g/mol. The Morgan fingerprint density at radius 1 is 1.59 bits per heavy atom. The van der Waals surface area contributed by atoms with Crippen molar-refractivity contribution in [1.29, 1.82) is 0 Å². The Labute approximate surface area is 101 Å². The average molecular weight is 266 g/mol. The van der Waals surface area contributed by atoms with E-state index in [9.17, 15) is 18.4 Å². The van der Waals surface area contributed by atoms with Crippen LogP contribution in [0.3, 0.4) is 0 Å². The molecule has 0 radical (unpaired) electrons. The molecule has 0 aliphatic rings. The zero-order valence-electron chi connectivity index (χ0n) is 8.93. The van der Waals surface area contributed by atoms with Crippen LogP contribution in [0.15, 0.2) is 11.0 Å². The number of carbonyl (C=O) groups is 1. The SMILES string of the molecule is COC(=O)Cc1[nH]cc(CCl)c(=O)c1C(F)F. The molecule has 0 saturated heterocycles. The number of esters is 1. The summed E-state index contributed by atoms with van der Waals surface area (Å²) in [4.78, 5) is 25.1. The van der Waals surface area contributed by atoms with E-state index in [2.05, 4.69) is 9.72 Å². The summed E-state index contributed by atoms with van der Waals surface area (Å²) in [5, 5.41) is 0. The van der Waals surface area contributed by atoms with Gasteiger partial charge in [0.15, 0.2) is 5.43 Å². The van der Waals surface area contributed by atoms with E-state index in [0.29, 0.717) is 0 Å². The number of aromatic amines is 1. The summed E-state index contributed by atoms with van der Waals surface area (Å²) in [6.07, 6.45) is -2.16. The molecule has 94 valence electrons. The minimum atomic E-state index is -2.97. The molecule has 0 fully saturated rings. The summed E-state index contributed by atoms with van der Waals surface area (Å²) in [6, 6.07) is 0. The maximum atomic E-state index is 12.7. The highest BCUT2D eigenvalue weighted by Gasteiger charge is 2.21. The van der Waals surface area contributed by atoms with Crippen LogP contribution in [0.25, 0.3) is 0 Å². The maximum absolute atomic E-state index is 12.7. The van der Waals surface area contributed by atoms with Crippen LogP contribution < -0.4 is 5.43 Å². The van der Waals surface area contributed by atoms with E-state index in [0.717, 1.165) is 7.11 Å². The first-order chi connectivity index (χ1) is 8.01. The first kappa shape index (κ1) is 13.6. The largest absolute Gasteiger partial charge is 0.469 e. The quantitative estimate of drug-likeness (QED) is 0.667. The first-order valence-electron chi connectivity index (χ1n) is 4.65. The zero-order chi connectivity index (χ0) is 13.0. The van der Waals surface area contributed by atoms with Gasteiger partial charge in [0.05, 0.1) is 25.0 Å². The Balaban J connectivity index is 3.27. The highest BCUT2D eigenvalue weighted by atomic mass is 35.5. The molecule has 1 aromatic rings. The smallest absolute Gasteiger partial charge is 0.311 e. The minimum Gasteiger partial charge on any atom is -0.469 e. The van der Waals surface area contributed by atoms with Gasteiger partial charge in [-0.3, -0.25) is 9.59 Å². The predicted octanol–water partition coefficient (Wildman–Crippen LogP) is 1.77. The van der Waals surface area contributed by atoms with E-state index < -0.39 is 29.8 Å². The van der Waals surface area contributed by atoms with Crippen molar-refractivity contribution in [1.82, 2.24) is 4.98 Å². The molecule has 0 aromatic carbocycles. The molecule has 1 aromatic heterocycles. The van der Waals surface area contributed by atoms with Gasteiger partial charge in [-0.1, -0.05) is 0 Å². The fourth-order valence-electron chi connectivity index (χ4n) is 1.32. The first-order valence-corrected chi connectivity index (χ1v) is 5.19. The maximum Gasteiger partial charge on any atom is 0.311 e. The molecule has 0 atom stereocenters. The Morgan fingerprint density at radius 3 is 2.71 bits per heavy atom. The fourth-order valence-corrected chi connectivity index (χ4v) is 1.52. The number of aromatic nitrogens is 1. The van der Waals surface area contributed by atoms with Crippen molar-refractivity contribution in [2.45, 2.75) is 18.7 Å². The second-order valence-electron chi connectivity index (χ2n) is 3.22. The molecule has 1 rings (SSSR count). The van der Waals surface area contributed by atoms with Crippen LogP contribution in [-0.2, 0) is 21.8 Å². The minimum absolute atomic E-state index is 0.0376. The molecule has 1 N–H and O–H groups in total. The fraction of sp³-hybridized carbons (Fsp3) is 0.400. The number of rotatable bonds is 4. The lowest BCUT2D eigenvalue weighted by molar-refractivity contribution is -0.139. The second kappa shape index (κ2) is 5.77. The number of carbonyl (C=O) groups excluding carboxylic acids is 1. The molecule has 0 aliphatic heterocycles. The van der Waals surface area contributed by atoms with Gasteiger partial charge in [-0.05, 0) is 0 Å². The number of hydrogen-bond donors (Lipinski definition) is 1. The summed E-state index contributed by atoms with van der Waals surface area (Å²) in [5.41, 5.74) is -1.68. The van der Waals surface area contributed by atoms with E-state index in [1.54, 1.807) is 0 Å². The van der Waals surface area contributed by atoms with Gasteiger partial charge in [0.2, 0.25) is 0 Å². The number of alkyl halides is 3. The van der Waals surface area contributed by atoms with Gasteiger partial charge in [-0.2, -0.15) is 0 Å². The molecule has 7 heteroatoms. The average Bonchev–Trinajstić information content (AvgIpc) is 2.28. The van der Waals surface area contributed by atoms with Crippen LogP contribution in [0, 0.1) is 0 Å². The lowest BCUT2D eigenvalue weighted by atomic mass is 10.1.